The number of aliphatic carboxylic acids is 2. The fourth-order valence-electron chi connectivity index (χ4n) is 1.30. The highest BCUT2D eigenvalue weighted by atomic mass is 16.4. The van der Waals surface area contributed by atoms with E-state index in [2.05, 4.69) is 0 Å². The monoisotopic (exact) mass is 261 g/mol. The smallest absolute Gasteiger partial charge is 0.320 e. The fourth-order valence-corrected chi connectivity index (χ4v) is 1.30. The van der Waals surface area contributed by atoms with Crippen molar-refractivity contribution in [3.8, 4) is 0 Å². The largest absolute Gasteiger partial charge is 0.480 e. The average molecular weight is 261 g/mol. The van der Waals surface area contributed by atoms with Gasteiger partial charge in [0.25, 0.3) is 0 Å². The third-order valence-electron chi connectivity index (χ3n) is 2.50. The zero-order valence-electron chi connectivity index (χ0n) is 9.91. The Balaban J connectivity index is 3.95. The summed E-state index contributed by atoms with van der Waals surface area (Å²) in [6.45, 7) is 0. The summed E-state index contributed by atoms with van der Waals surface area (Å²) in [5.41, 5.74) is 16.0. The topological polar surface area (TPSA) is 170 Å². The zero-order valence-corrected chi connectivity index (χ0v) is 9.91. The molecule has 3 atom stereocenters. The number of carbonyl (C=O) groups excluding carboxylic acids is 1. The van der Waals surface area contributed by atoms with E-state index < -0.39 is 35.8 Å². The first-order valence-corrected chi connectivity index (χ1v) is 5.50. The molecule has 104 valence electrons. The summed E-state index contributed by atoms with van der Waals surface area (Å²) in [7, 11) is 0. The van der Waals surface area contributed by atoms with Gasteiger partial charge in [0.15, 0.2) is 5.78 Å². The Morgan fingerprint density at radius 1 is 0.833 bits per heavy atom. The van der Waals surface area contributed by atoms with Crippen LogP contribution in [0.4, 0.5) is 0 Å². The van der Waals surface area contributed by atoms with E-state index in [1.165, 1.54) is 0 Å². The molecule has 0 rings (SSSR count). The molecule has 0 aliphatic heterocycles. The predicted octanol–water partition coefficient (Wildman–Crippen LogP) is -1.73. The van der Waals surface area contributed by atoms with Gasteiger partial charge < -0.3 is 27.4 Å². The Kier molecular flexibility index (Phi) is 7.10. The molecule has 0 fully saturated rings. The number of rotatable bonds is 9. The van der Waals surface area contributed by atoms with E-state index >= 15 is 0 Å². The van der Waals surface area contributed by atoms with Crippen molar-refractivity contribution < 1.29 is 24.6 Å². The minimum Gasteiger partial charge on any atom is -0.480 e. The van der Waals surface area contributed by atoms with Crippen molar-refractivity contribution in [2.45, 2.75) is 43.8 Å². The Morgan fingerprint density at radius 2 is 1.28 bits per heavy atom. The highest BCUT2D eigenvalue weighted by Gasteiger charge is 2.21. The van der Waals surface area contributed by atoms with Gasteiger partial charge in [-0.05, 0) is 19.3 Å². The highest BCUT2D eigenvalue weighted by molar-refractivity contribution is 5.88. The zero-order chi connectivity index (χ0) is 14.3. The molecule has 8 N–H and O–H groups in total. The van der Waals surface area contributed by atoms with Crippen LogP contribution in [0, 0.1) is 0 Å². The molecule has 0 aromatic carbocycles. The molecule has 0 aromatic rings. The van der Waals surface area contributed by atoms with Crippen molar-refractivity contribution in [2.24, 2.45) is 17.2 Å². The number of hydrogen-bond donors (Lipinski definition) is 5. The molecule has 0 aromatic heterocycles. The molecule has 0 saturated carbocycles. The minimum atomic E-state index is -1.26. The van der Waals surface area contributed by atoms with Crippen molar-refractivity contribution in [1.82, 2.24) is 0 Å². The fraction of sp³-hybridized carbons (Fsp3) is 0.700. The van der Waals surface area contributed by atoms with Crippen LogP contribution in [-0.4, -0.2) is 46.1 Å². The molecular formula is C10H19N3O5. The number of hydrogen-bond acceptors (Lipinski definition) is 6. The average Bonchev–Trinajstić information content (AvgIpc) is 2.27. The van der Waals surface area contributed by atoms with Crippen molar-refractivity contribution in [3.05, 3.63) is 0 Å². The lowest BCUT2D eigenvalue weighted by molar-refractivity contribution is -0.140. The molecule has 0 amide bonds. The number of carboxylic acids is 2. The standard InChI is InChI=1S/C10H19N3O5/c11-5(2-1-3-6(12)9(15)16)8(14)4-7(13)10(17)18/h5-7H,1-4,11-13H2,(H,15,16)(H,17,18)/t5?,6-,7-/m0/s1. The van der Waals surface area contributed by atoms with Gasteiger partial charge in [0, 0.05) is 6.42 Å². The molecular weight excluding hydrogens is 242 g/mol. The Morgan fingerprint density at radius 3 is 1.72 bits per heavy atom. The van der Waals surface area contributed by atoms with Crippen molar-refractivity contribution in [1.29, 1.82) is 0 Å². The third kappa shape index (κ3) is 6.28. The summed E-state index contributed by atoms with van der Waals surface area (Å²) in [6, 6.07) is -3.07. The van der Waals surface area contributed by atoms with Gasteiger partial charge in [-0.15, -0.1) is 0 Å². The summed E-state index contributed by atoms with van der Waals surface area (Å²) >= 11 is 0. The SMILES string of the molecule is NC(CCC[C@H](N)C(=O)O)C(=O)C[C@H](N)C(=O)O. The molecule has 18 heavy (non-hydrogen) atoms. The van der Waals surface area contributed by atoms with Crippen molar-refractivity contribution in [2.75, 3.05) is 0 Å². The van der Waals surface area contributed by atoms with Crippen molar-refractivity contribution >= 4 is 17.7 Å². The van der Waals surface area contributed by atoms with E-state index in [-0.39, 0.29) is 19.3 Å². The van der Waals surface area contributed by atoms with Gasteiger partial charge in [0.1, 0.15) is 12.1 Å². The van der Waals surface area contributed by atoms with E-state index in [1.807, 2.05) is 0 Å². The first-order chi connectivity index (χ1) is 8.25. The molecule has 1 unspecified atom stereocenters. The third-order valence-corrected chi connectivity index (χ3v) is 2.50. The van der Waals surface area contributed by atoms with Crippen LogP contribution in [0.15, 0.2) is 0 Å². The quantitative estimate of drug-likeness (QED) is 0.326. The summed E-state index contributed by atoms with van der Waals surface area (Å²) in [5.74, 6) is -2.82. The predicted molar refractivity (Wildman–Crippen MR) is 62.7 cm³/mol. The second-order valence-electron chi connectivity index (χ2n) is 4.10. The second kappa shape index (κ2) is 7.75. The van der Waals surface area contributed by atoms with E-state index in [0.717, 1.165) is 0 Å². The van der Waals surface area contributed by atoms with Crippen LogP contribution in [0.2, 0.25) is 0 Å². The minimum absolute atomic E-state index is 0.210. The number of nitrogens with two attached hydrogens (primary N) is 3. The van der Waals surface area contributed by atoms with Crippen LogP contribution in [0.5, 0.6) is 0 Å². The lowest BCUT2D eigenvalue weighted by atomic mass is 9.99. The molecule has 0 aliphatic carbocycles. The van der Waals surface area contributed by atoms with Gasteiger partial charge >= 0.3 is 11.9 Å². The number of ketones is 1. The Hall–Kier alpha value is -1.51. The number of Topliss-reactive ketones (excluding diaryl/α,β-unsaturated/α-hetero) is 1. The lowest BCUT2D eigenvalue weighted by Gasteiger charge is -2.13. The van der Waals surface area contributed by atoms with E-state index in [0.29, 0.717) is 6.42 Å². The van der Waals surface area contributed by atoms with Crippen LogP contribution in [0.3, 0.4) is 0 Å². The van der Waals surface area contributed by atoms with E-state index in [1.54, 1.807) is 0 Å². The molecule has 0 bridgehead atoms. The summed E-state index contributed by atoms with van der Waals surface area (Å²) in [6.07, 6.45) is 0.512. The highest BCUT2D eigenvalue weighted by Crippen LogP contribution is 2.05. The molecule has 8 heteroatoms. The van der Waals surface area contributed by atoms with Gasteiger partial charge in [0.2, 0.25) is 0 Å². The van der Waals surface area contributed by atoms with Gasteiger partial charge in [-0.1, -0.05) is 0 Å². The maximum atomic E-state index is 11.5. The number of carbonyl (C=O) groups is 3. The van der Waals surface area contributed by atoms with Gasteiger partial charge in [-0.25, -0.2) is 0 Å². The molecule has 0 aliphatic rings. The number of carboxylic acid groups (broad SMARTS) is 2. The maximum absolute atomic E-state index is 11.5. The molecule has 0 radical (unpaired) electrons. The normalized spacial score (nSPS) is 15.7. The molecule has 0 spiro atoms. The summed E-state index contributed by atoms with van der Waals surface area (Å²) in [5, 5.41) is 17.1. The van der Waals surface area contributed by atoms with Gasteiger partial charge in [-0.2, -0.15) is 0 Å². The summed E-state index contributed by atoms with van der Waals surface area (Å²) < 4.78 is 0. The molecule has 0 saturated heterocycles. The van der Waals surface area contributed by atoms with Crippen molar-refractivity contribution in [3.63, 3.8) is 0 Å². The molecule has 0 heterocycles. The van der Waals surface area contributed by atoms with Crippen LogP contribution >= 0.6 is 0 Å². The van der Waals surface area contributed by atoms with Crippen LogP contribution < -0.4 is 17.2 Å². The van der Waals surface area contributed by atoms with Crippen LogP contribution in [0.1, 0.15) is 25.7 Å². The molecule has 8 nitrogen and oxygen atoms in total. The summed E-state index contributed by atoms with van der Waals surface area (Å²) in [4.78, 5) is 32.3. The van der Waals surface area contributed by atoms with Crippen LogP contribution in [0.25, 0.3) is 0 Å². The van der Waals surface area contributed by atoms with Gasteiger partial charge in [0.05, 0.1) is 6.04 Å². The Bertz CT molecular complexity index is 321. The van der Waals surface area contributed by atoms with E-state index in [9.17, 15) is 14.4 Å². The Labute approximate surface area is 104 Å². The second-order valence-corrected chi connectivity index (χ2v) is 4.10. The van der Waals surface area contributed by atoms with Gasteiger partial charge in [-0.3, -0.25) is 14.4 Å². The first-order valence-electron chi connectivity index (χ1n) is 5.50. The maximum Gasteiger partial charge on any atom is 0.320 e. The van der Waals surface area contributed by atoms with Crippen LogP contribution in [-0.2, 0) is 14.4 Å². The van der Waals surface area contributed by atoms with E-state index in [4.69, 9.17) is 27.4 Å². The lowest BCUT2D eigenvalue weighted by Crippen LogP contribution is -2.39. The first kappa shape index (κ1) is 16.5.